The Bertz CT molecular complexity index is 427. The Labute approximate surface area is 116 Å². The molecule has 2 amide bonds. The topological polar surface area (TPSA) is 58.6 Å². The Morgan fingerprint density at radius 1 is 1.47 bits per heavy atom. The number of ether oxygens (including phenoxy) is 1. The minimum absolute atomic E-state index is 0.0463. The zero-order valence-corrected chi connectivity index (χ0v) is 11.7. The van der Waals surface area contributed by atoms with Gasteiger partial charge in [-0.15, -0.1) is 11.3 Å². The largest absolute Gasteiger partial charge is 0.378 e. The van der Waals surface area contributed by atoms with E-state index in [0.717, 1.165) is 4.88 Å². The molecule has 0 saturated carbocycles. The van der Waals surface area contributed by atoms with Crippen LogP contribution in [-0.2, 0) is 14.3 Å². The Morgan fingerprint density at radius 2 is 2.21 bits per heavy atom. The number of carbonyl (C=O) groups is 2. The van der Waals surface area contributed by atoms with E-state index < -0.39 is 0 Å². The van der Waals surface area contributed by atoms with Crippen LogP contribution in [0, 0.1) is 0 Å². The van der Waals surface area contributed by atoms with E-state index in [9.17, 15) is 9.59 Å². The van der Waals surface area contributed by atoms with E-state index >= 15 is 0 Å². The van der Waals surface area contributed by atoms with E-state index in [-0.39, 0.29) is 24.3 Å². The molecular formula is C13H18N2O3S. The predicted octanol–water partition coefficient (Wildman–Crippen LogP) is 0.827. The van der Waals surface area contributed by atoms with Crippen molar-refractivity contribution in [1.29, 1.82) is 0 Å². The highest BCUT2D eigenvalue weighted by Gasteiger charge is 2.20. The maximum atomic E-state index is 11.9. The molecule has 1 saturated heterocycles. The third-order valence-corrected chi connectivity index (χ3v) is 4.20. The number of rotatable bonds is 4. The molecule has 2 rings (SSSR count). The lowest BCUT2D eigenvalue weighted by atomic mass is 10.1. The molecule has 1 unspecified atom stereocenters. The second-order valence-corrected chi connectivity index (χ2v) is 5.43. The number of hydrogen-bond donors (Lipinski definition) is 1. The van der Waals surface area contributed by atoms with Gasteiger partial charge in [0.25, 0.3) is 0 Å². The summed E-state index contributed by atoms with van der Waals surface area (Å²) >= 11 is 1.55. The van der Waals surface area contributed by atoms with Gasteiger partial charge in [-0.3, -0.25) is 9.59 Å². The number of morpholine rings is 1. The molecular weight excluding hydrogens is 264 g/mol. The van der Waals surface area contributed by atoms with Crippen molar-refractivity contribution >= 4 is 23.2 Å². The first-order chi connectivity index (χ1) is 9.18. The van der Waals surface area contributed by atoms with Crippen molar-refractivity contribution in [2.24, 2.45) is 0 Å². The van der Waals surface area contributed by atoms with Gasteiger partial charge in [-0.05, 0) is 18.4 Å². The minimum atomic E-state index is -0.211. The van der Waals surface area contributed by atoms with Gasteiger partial charge >= 0.3 is 0 Å². The van der Waals surface area contributed by atoms with E-state index in [1.807, 2.05) is 24.4 Å². The summed E-state index contributed by atoms with van der Waals surface area (Å²) in [6.07, 6.45) is 0. The van der Waals surface area contributed by atoms with Crippen LogP contribution in [0.1, 0.15) is 17.7 Å². The van der Waals surface area contributed by atoms with Gasteiger partial charge in [0, 0.05) is 18.0 Å². The number of nitrogens with zero attached hydrogens (tertiary/aromatic N) is 1. The van der Waals surface area contributed by atoms with Gasteiger partial charge in [0.05, 0.1) is 25.7 Å². The highest BCUT2D eigenvalue weighted by atomic mass is 32.1. The van der Waals surface area contributed by atoms with Crippen LogP contribution in [0.2, 0.25) is 0 Å². The molecule has 1 aromatic heterocycles. The minimum Gasteiger partial charge on any atom is -0.378 e. The van der Waals surface area contributed by atoms with Gasteiger partial charge in [-0.2, -0.15) is 0 Å². The molecule has 1 aromatic rings. The molecule has 19 heavy (non-hydrogen) atoms. The Kier molecular flexibility index (Phi) is 4.93. The second kappa shape index (κ2) is 6.68. The summed E-state index contributed by atoms with van der Waals surface area (Å²) in [7, 11) is 0. The summed E-state index contributed by atoms with van der Waals surface area (Å²) in [6.45, 7) is 4.27. The maximum absolute atomic E-state index is 11.9. The maximum Gasteiger partial charge on any atom is 0.242 e. The fourth-order valence-electron chi connectivity index (χ4n) is 1.91. The molecule has 1 aliphatic rings. The average Bonchev–Trinajstić information content (AvgIpc) is 2.98. The van der Waals surface area contributed by atoms with Gasteiger partial charge in [0.1, 0.15) is 0 Å². The van der Waals surface area contributed by atoms with Gasteiger partial charge in [0.2, 0.25) is 11.8 Å². The van der Waals surface area contributed by atoms with Crippen LogP contribution in [0.15, 0.2) is 17.5 Å². The van der Waals surface area contributed by atoms with E-state index in [2.05, 4.69) is 5.32 Å². The van der Waals surface area contributed by atoms with E-state index in [1.165, 1.54) is 0 Å². The van der Waals surface area contributed by atoms with Gasteiger partial charge in [-0.25, -0.2) is 0 Å². The summed E-state index contributed by atoms with van der Waals surface area (Å²) in [6, 6.07) is 3.85. The second-order valence-electron chi connectivity index (χ2n) is 4.45. The van der Waals surface area contributed by atoms with Crippen molar-refractivity contribution in [1.82, 2.24) is 10.2 Å². The molecule has 5 nitrogen and oxygen atoms in total. The van der Waals surface area contributed by atoms with Gasteiger partial charge in [0.15, 0.2) is 0 Å². The zero-order valence-electron chi connectivity index (χ0n) is 10.9. The molecule has 1 aliphatic heterocycles. The predicted molar refractivity (Wildman–Crippen MR) is 73.1 cm³/mol. The Hall–Kier alpha value is -1.40. The van der Waals surface area contributed by atoms with Crippen molar-refractivity contribution < 1.29 is 14.3 Å². The smallest absolute Gasteiger partial charge is 0.242 e. The number of amides is 2. The third-order valence-electron chi connectivity index (χ3n) is 3.14. The van der Waals surface area contributed by atoms with Crippen LogP contribution in [0.25, 0.3) is 0 Å². The van der Waals surface area contributed by atoms with Crippen molar-refractivity contribution in [2.45, 2.75) is 12.8 Å². The normalized spacial score (nSPS) is 17.0. The van der Waals surface area contributed by atoms with E-state index in [1.54, 1.807) is 16.2 Å². The Balaban J connectivity index is 1.78. The molecule has 1 atom stereocenters. The summed E-state index contributed by atoms with van der Waals surface area (Å²) in [5.74, 6) is -0.364. The van der Waals surface area contributed by atoms with Crippen LogP contribution in [0.4, 0.5) is 0 Å². The highest BCUT2D eigenvalue weighted by Crippen LogP contribution is 2.20. The molecule has 1 fully saturated rings. The molecule has 2 heterocycles. The van der Waals surface area contributed by atoms with Crippen LogP contribution >= 0.6 is 11.3 Å². The summed E-state index contributed by atoms with van der Waals surface area (Å²) in [5.41, 5.74) is 0. The molecule has 6 heteroatoms. The molecule has 104 valence electrons. The van der Waals surface area contributed by atoms with Crippen molar-refractivity contribution in [3.8, 4) is 0 Å². The standard InChI is InChI=1S/C13H18N2O3S/c1-10(11-3-2-8-19-11)13(17)14-9-12(16)15-4-6-18-7-5-15/h2-3,8,10H,4-7,9H2,1H3,(H,14,17). The lowest BCUT2D eigenvalue weighted by Gasteiger charge is -2.27. The summed E-state index contributed by atoms with van der Waals surface area (Å²) in [5, 5.41) is 4.65. The first-order valence-electron chi connectivity index (χ1n) is 6.35. The van der Waals surface area contributed by atoms with Gasteiger partial charge in [-0.1, -0.05) is 6.07 Å². The van der Waals surface area contributed by atoms with Crippen LogP contribution in [0.5, 0.6) is 0 Å². The quantitative estimate of drug-likeness (QED) is 0.890. The molecule has 0 aliphatic carbocycles. The molecule has 0 bridgehead atoms. The van der Waals surface area contributed by atoms with Crippen molar-refractivity contribution in [3.63, 3.8) is 0 Å². The molecule has 0 aromatic carbocycles. The van der Waals surface area contributed by atoms with Crippen LogP contribution in [0.3, 0.4) is 0 Å². The zero-order chi connectivity index (χ0) is 13.7. The first-order valence-corrected chi connectivity index (χ1v) is 7.23. The van der Waals surface area contributed by atoms with Crippen LogP contribution < -0.4 is 5.32 Å². The number of thiophene rings is 1. The fraction of sp³-hybridized carbons (Fsp3) is 0.538. The number of nitrogens with one attached hydrogen (secondary N) is 1. The summed E-state index contributed by atoms with van der Waals surface area (Å²) < 4.78 is 5.18. The Morgan fingerprint density at radius 3 is 2.84 bits per heavy atom. The van der Waals surface area contributed by atoms with E-state index in [0.29, 0.717) is 26.3 Å². The van der Waals surface area contributed by atoms with Crippen molar-refractivity contribution in [3.05, 3.63) is 22.4 Å². The monoisotopic (exact) mass is 282 g/mol. The molecule has 0 spiro atoms. The fourth-order valence-corrected chi connectivity index (χ4v) is 2.69. The number of hydrogen-bond acceptors (Lipinski definition) is 4. The summed E-state index contributed by atoms with van der Waals surface area (Å²) in [4.78, 5) is 26.5. The lowest BCUT2D eigenvalue weighted by molar-refractivity contribution is -0.136. The van der Waals surface area contributed by atoms with Gasteiger partial charge < -0.3 is 15.0 Å². The molecule has 1 N–H and O–H groups in total. The molecule has 0 radical (unpaired) electrons. The third kappa shape index (κ3) is 3.78. The number of carbonyl (C=O) groups excluding carboxylic acids is 2. The highest BCUT2D eigenvalue weighted by molar-refractivity contribution is 7.10. The first kappa shape index (κ1) is 14.0. The van der Waals surface area contributed by atoms with Crippen LogP contribution in [-0.4, -0.2) is 49.6 Å². The average molecular weight is 282 g/mol. The lowest BCUT2D eigenvalue weighted by Crippen LogP contribution is -2.46. The van der Waals surface area contributed by atoms with Crippen molar-refractivity contribution in [2.75, 3.05) is 32.8 Å². The SMILES string of the molecule is CC(C(=O)NCC(=O)N1CCOCC1)c1cccs1. The van der Waals surface area contributed by atoms with E-state index in [4.69, 9.17) is 4.74 Å².